The molecule has 1 aromatic rings. The molecule has 4 N–H and O–H groups in total. The molecule has 2 fully saturated rings. The van der Waals surface area contributed by atoms with Crippen LogP contribution in [0.1, 0.15) is 31.7 Å². The molecule has 3 rings (SSSR count). The SMILES string of the molecule is C[C@H]1[C@H](O)[C@@H](O)[C@@H](O)C(C(=O)NCc2ccccc2)N1N1CCCCC1. The number of piperidine rings is 2. The van der Waals surface area contributed by atoms with Crippen LogP contribution in [-0.2, 0) is 11.3 Å². The summed E-state index contributed by atoms with van der Waals surface area (Å²) in [6.07, 6.45) is -0.647. The van der Waals surface area contributed by atoms with Crippen LogP contribution in [0.4, 0.5) is 0 Å². The van der Waals surface area contributed by atoms with E-state index in [1.807, 2.05) is 35.3 Å². The Kier molecular flexibility index (Phi) is 6.26. The molecule has 0 saturated carbocycles. The minimum absolute atomic E-state index is 0.343. The van der Waals surface area contributed by atoms with Crippen molar-refractivity contribution < 1.29 is 20.1 Å². The van der Waals surface area contributed by atoms with Gasteiger partial charge in [-0.3, -0.25) is 4.79 Å². The summed E-state index contributed by atoms with van der Waals surface area (Å²) in [5.74, 6) is -0.343. The molecule has 26 heavy (non-hydrogen) atoms. The molecule has 2 aliphatic rings. The normalized spacial score (nSPS) is 33.8. The molecule has 5 atom stereocenters. The summed E-state index contributed by atoms with van der Waals surface area (Å²) in [7, 11) is 0. The van der Waals surface area contributed by atoms with E-state index in [0.29, 0.717) is 6.54 Å². The quantitative estimate of drug-likeness (QED) is 0.595. The van der Waals surface area contributed by atoms with Crippen molar-refractivity contribution in [2.75, 3.05) is 13.1 Å². The summed E-state index contributed by atoms with van der Waals surface area (Å²) in [5, 5.41) is 37.8. The van der Waals surface area contributed by atoms with E-state index in [-0.39, 0.29) is 5.91 Å². The molecule has 0 radical (unpaired) electrons. The smallest absolute Gasteiger partial charge is 0.241 e. The van der Waals surface area contributed by atoms with E-state index in [4.69, 9.17) is 0 Å². The first-order valence-corrected chi connectivity index (χ1v) is 9.39. The lowest BCUT2D eigenvalue weighted by Crippen LogP contribution is -2.73. The van der Waals surface area contributed by atoms with Crippen molar-refractivity contribution in [2.24, 2.45) is 0 Å². The maximum Gasteiger partial charge on any atom is 0.241 e. The number of hydrazine groups is 1. The topological polar surface area (TPSA) is 96.3 Å². The van der Waals surface area contributed by atoms with Gasteiger partial charge in [-0.25, -0.2) is 10.0 Å². The molecule has 7 nitrogen and oxygen atoms in total. The van der Waals surface area contributed by atoms with Crippen LogP contribution in [0, 0.1) is 0 Å². The first-order chi connectivity index (χ1) is 12.5. The monoisotopic (exact) mass is 363 g/mol. The van der Waals surface area contributed by atoms with Crippen LogP contribution in [0.2, 0.25) is 0 Å². The molecule has 0 spiro atoms. The largest absolute Gasteiger partial charge is 0.389 e. The van der Waals surface area contributed by atoms with E-state index in [9.17, 15) is 20.1 Å². The first-order valence-electron chi connectivity index (χ1n) is 9.39. The number of hydrogen-bond acceptors (Lipinski definition) is 6. The van der Waals surface area contributed by atoms with Gasteiger partial charge < -0.3 is 20.6 Å². The highest BCUT2D eigenvalue weighted by Gasteiger charge is 2.50. The second-order valence-electron chi connectivity index (χ2n) is 7.25. The van der Waals surface area contributed by atoms with Crippen molar-refractivity contribution >= 4 is 5.91 Å². The number of carbonyl (C=O) groups excluding carboxylic acids is 1. The highest BCUT2D eigenvalue weighted by atomic mass is 16.4. The molecule has 1 unspecified atom stereocenters. The van der Waals surface area contributed by atoms with Gasteiger partial charge in [0.1, 0.15) is 18.2 Å². The molecule has 1 aromatic carbocycles. The Hall–Kier alpha value is -1.51. The van der Waals surface area contributed by atoms with Crippen LogP contribution < -0.4 is 5.32 Å². The van der Waals surface area contributed by atoms with Crippen molar-refractivity contribution in [1.82, 2.24) is 15.3 Å². The lowest BCUT2D eigenvalue weighted by atomic mass is 9.89. The summed E-state index contributed by atoms with van der Waals surface area (Å²) < 4.78 is 0. The lowest BCUT2D eigenvalue weighted by molar-refractivity contribution is -0.224. The van der Waals surface area contributed by atoms with Crippen molar-refractivity contribution in [2.45, 2.75) is 63.1 Å². The lowest BCUT2D eigenvalue weighted by Gasteiger charge is -2.52. The number of rotatable bonds is 4. The van der Waals surface area contributed by atoms with Crippen LogP contribution in [0.3, 0.4) is 0 Å². The Bertz CT molecular complexity index is 592. The summed E-state index contributed by atoms with van der Waals surface area (Å²) in [6, 6.07) is 8.17. The molecular formula is C19H29N3O4. The third-order valence-electron chi connectivity index (χ3n) is 5.46. The van der Waals surface area contributed by atoms with Gasteiger partial charge in [0.05, 0.1) is 12.1 Å². The Balaban J connectivity index is 1.77. The van der Waals surface area contributed by atoms with E-state index in [2.05, 4.69) is 5.32 Å². The molecule has 0 bridgehead atoms. The number of aliphatic hydroxyl groups is 3. The maximum atomic E-state index is 12.9. The maximum absolute atomic E-state index is 12.9. The summed E-state index contributed by atoms with van der Waals surface area (Å²) in [5.41, 5.74) is 0.962. The van der Waals surface area contributed by atoms with Gasteiger partial charge in [0.15, 0.2) is 0 Å². The molecular weight excluding hydrogens is 334 g/mol. The second-order valence-corrected chi connectivity index (χ2v) is 7.25. The molecule has 144 valence electrons. The minimum Gasteiger partial charge on any atom is -0.389 e. The second kappa shape index (κ2) is 8.45. The first kappa shape index (κ1) is 19.3. The van der Waals surface area contributed by atoms with E-state index in [1.54, 1.807) is 11.9 Å². The molecule has 7 heteroatoms. The van der Waals surface area contributed by atoms with E-state index >= 15 is 0 Å². The van der Waals surface area contributed by atoms with Crippen molar-refractivity contribution in [1.29, 1.82) is 0 Å². The number of nitrogens with zero attached hydrogens (tertiary/aromatic N) is 2. The van der Waals surface area contributed by atoms with Crippen LogP contribution >= 0.6 is 0 Å². The summed E-state index contributed by atoms with van der Waals surface area (Å²) >= 11 is 0. The number of benzene rings is 1. The fourth-order valence-corrected chi connectivity index (χ4v) is 3.95. The standard InChI is InChI=1S/C19H29N3O4/c1-13-16(23)18(25)17(24)15(22(13)21-10-6-3-7-11-21)19(26)20-12-14-8-4-2-5-9-14/h2,4-5,8-9,13,15-18,23-25H,3,6-7,10-12H2,1H3,(H,20,26)/t13-,15?,16-,17-,18+/m0/s1. The number of hydrogen-bond donors (Lipinski definition) is 4. The van der Waals surface area contributed by atoms with Crippen LogP contribution in [0.25, 0.3) is 0 Å². The Morgan fingerprint density at radius 3 is 2.35 bits per heavy atom. The zero-order valence-electron chi connectivity index (χ0n) is 15.2. The molecule has 0 aliphatic carbocycles. The number of amides is 1. The Labute approximate surface area is 154 Å². The number of aliphatic hydroxyl groups excluding tert-OH is 3. The van der Waals surface area contributed by atoms with Gasteiger partial charge in [-0.15, -0.1) is 0 Å². The fraction of sp³-hybridized carbons (Fsp3) is 0.632. The van der Waals surface area contributed by atoms with Gasteiger partial charge in [-0.05, 0) is 25.3 Å². The minimum atomic E-state index is -1.35. The number of carbonyl (C=O) groups is 1. The fourth-order valence-electron chi connectivity index (χ4n) is 3.95. The van der Waals surface area contributed by atoms with Crippen LogP contribution in [0.15, 0.2) is 30.3 Å². The highest BCUT2D eigenvalue weighted by Crippen LogP contribution is 2.28. The van der Waals surface area contributed by atoms with Crippen LogP contribution in [0.5, 0.6) is 0 Å². The van der Waals surface area contributed by atoms with Gasteiger partial charge in [-0.2, -0.15) is 0 Å². The molecule has 2 aliphatic heterocycles. The van der Waals surface area contributed by atoms with E-state index in [1.165, 1.54) is 0 Å². The third kappa shape index (κ3) is 3.92. The van der Waals surface area contributed by atoms with E-state index in [0.717, 1.165) is 37.9 Å². The molecule has 2 saturated heterocycles. The Morgan fingerprint density at radius 1 is 1.04 bits per heavy atom. The van der Waals surface area contributed by atoms with Gasteiger partial charge in [0.25, 0.3) is 0 Å². The average Bonchev–Trinajstić information content (AvgIpc) is 2.68. The van der Waals surface area contributed by atoms with Crippen molar-refractivity contribution in [3.8, 4) is 0 Å². The average molecular weight is 363 g/mol. The van der Waals surface area contributed by atoms with Crippen molar-refractivity contribution in [3.05, 3.63) is 35.9 Å². The third-order valence-corrected chi connectivity index (χ3v) is 5.46. The van der Waals surface area contributed by atoms with Gasteiger partial charge in [0.2, 0.25) is 5.91 Å². The van der Waals surface area contributed by atoms with Gasteiger partial charge in [0, 0.05) is 19.6 Å². The summed E-state index contributed by atoms with van der Waals surface area (Å²) in [4.78, 5) is 12.9. The van der Waals surface area contributed by atoms with Gasteiger partial charge in [-0.1, -0.05) is 36.8 Å². The zero-order valence-corrected chi connectivity index (χ0v) is 15.2. The highest BCUT2D eigenvalue weighted by molar-refractivity contribution is 5.82. The Morgan fingerprint density at radius 2 is 1.69 bits per heavy atom. The number of nitrogens with one attached hydrogen (secondary N) is 1. The zero-order chi connectivity index (χ0) is 18.7. The van der Waals surface area contributed by atoms with E-state index < -0.39 is 30.4 Å². The predicted molar refractivity (Wildman–Crippen MR) is 96.8 cm³/mol. The molecule has 1 amide bonds. The predicted octanol–water partition coefficient (Wildman–Crippen LogP) is -0.141. The molecule has 0 aromatic heterocycles. The summed E-state index contributed by atoms with van der Waals surface area (Å²) in [6.45, 7) is 3.69. The van der Waals surface area contributed by atoms with Crippen molar-refractivity contribution in [3.63, 3.8) is 0 Å². The molecule has 2 heterocycles. The van der Waals surface area contributed by atoms with Crippen LogP contribution in [-0.4, -0.2) is 74.7 Å². The van der Waals surface area contributed by atoms with Gasteiger partial charge >= 0.3 is 0 Å².